The van der Waals surface area contributed by atoms with Gasteiger partial charge < -0.3 is 9.32 Å². The van der Waals surface area contributed by atoms with Gasteiger partial charge in [-0.3, -0.25) is 14.6 Å². The molecule has 2 aromatic heterocycles. The van der Waals surface area contributed by atoms with Crippen LogP contribution in [0.3, 0.4) is 0 Å². The van der Waals surface area contributed by atoms with Crippen LogP contribution in [0.5, 0.6) is 0 Å². The Labute approximate surface area is 172 Å². The van der Waals surface area contributed by atoms with E-state index in [2.05, 4.69) is 14.9 Å². The van der Waals surface area contributed by atoms with E-state index >= 15 is 0 Å². The smallest absolute Gasteiger partial charge is 0.265 e. The topological polar surface area (TPSA) is 108 Å². The first-order valence-electron chi connectivity index (χ1n) is 9.07. The van der Waals surface area contributed by atoms with Crippen molar-refractivity contribution in [2.45, 2.75) is 24.7 Å². The van der Waals surface area contributed by atoms with Crippen LogP contribution in [-0.4, -0.2) is 42.5 Å². The Balaban J connectivity index is 1.64. The average Bonchev–Trinajstić information content (AvgIpc) is 3.43. The SMILES string of the molecule is Cc1oc(-c2[nH]ncc2C(=O)N2CCCC2)cc1S(=O)(=O)Nc1ccc(Cl)cc1. The first-order valence-corrected chi connectivity index (χ1v) is 10.9. The fraction of sp³-hybridized carbons (Fsp3) is 0.263. The van der Waals surface area contributed by atoms with Crippen LogP contribution in [0.25, 0.3) is 11.5 Å². The van der Waals surface area contributed by atoms with Gasteiger partial charge in [0.2, 0.25) is 0 Å². The Morgan fingerprint density at radius 1 is 1.24 bits per heavy atom. The van der Waals surface area contributed by atoms with E-state index in [9.17, 15) is 13.2 Å². The first-order chi connectivity index (χ1) is 13.8. The number of aryl methyl sites for hydroxylation is 1. The van der Waals surface area contributed by atoms with Crippen molar-refractivity contribution in [3.8, 4) is 11.5 Å². The molecule has 0 spiro atoms. The van der Waals surface area contributed by atoms with Gasteiger partial charge >= 0.3 is 0 Å². The number of likely N-dealkylation sites (tertiary alicyclic amines) is 1. The Bertz CT molecular complexity index is 1150. The molecule has 0 bridgehead atoms. The van der Waals surface area contributed by atoms with Crippen LogP contribution >= 0.6 is 11.6 Å². The summed E-state index contributed by atoms with van der Waals surface area (Å²) in [7, 11) is -3.89. The predicted octanol–water partition coefficient (Wildman–Crippen LogP) is 3.67. The number of nitrogens with zero attached hydrogens (tertiary/aromatic N) is 2. The Hall–Kier alpha value is -2.78. The second kappa shape index (κ2) is 7.57. The van der Waals surface area contributed by atoms with Gasteiger partial charge in [-0.1, -0.05) is 11.6 Å². The van der Waals surface area contributed by atoms with Crippen molar-refractivity contribution in [2.24, 2.45) is 0 Å². The summed E-state index contributed by atoms with van der Waals surface area (Å²) >= 11 is 5.84. The van der Waals surface area contributed by atoms with Crippen LogP contribution in [0.4, 0.5) is 5.69 Å². The third kappa shape index (κ3) is 3.88. The molecule has 0 atom stereocenters. The first kappa shape index (κ1) is 19.5. The zero-order chi connectivity index (χ0) is 20.6. The molecule has 1 aliphatic heterocycles. The van der Waals surface area contributed by atoms with E-state index in [0.29, 0.717) is 35.1 Å². The quantitative estimate of drug-likeness (QED) is 0.636. The third-order valence-corrected chi connectivity index (χ3v) is 6.51. The molecule has 2 N–H and O–H groups in total. The second-order valence-corrected chi connectivity index (χ2v) is 8.89. The molecule has 29 heavy (non-hydrogen) atoms. The maximum atomic E-state index is 12.8. The van der Waals surface area contributed by atoms with Crippen LogP contribution < -0.4 is 4.72 Å². The van der Waals surface area contributed by atoms with Crippen molar-refractivity contribution in [3.63, 3.8) is 0 Å². The van der Waals surface area contributed by atoms with E-state index in [0.717, 1.165) is 12.8 Å². The summed E-state index contributed by atoms with van der Waals surface area (Å²) in [5.74, 6) is 0.290. The highest BCUT2D eigenvalue weighted by atomic mass is 35.5. The molecule has 0 unspecified atom stereocenters. The summed E-state index contributed by atoms with van der Waals surface area (Å²) in [6.07, 6.45) is 3.38. The fourth-order valence-corrected chi connectivity index (χ4v) is 4.67. The molecule has 152 valence electrons. The molecule has 3 heterocycles. The van der Waals surface area contributed by atoms with Crippen molar-refractivity contribution in [1.82, 2.24) is 15.1 Å². The third-order valence-electron chi connectivity index (χ3n) is 4.77. The number of amides is 1. The van der Waals surface area contributed by atoms with Crippen LogP contribution in [0.2, 0.25) is 5.02 Å². The van der Waals surface area contributed by atoms with Crippen LogP contribution in [-0.2, 0) is 10.0 Å². The number of aromatic amines is 1. The van der Waals surface area contributed by atoms with Crippen LogP contribution in [0.15, 0.2) is 45.8 Å². The largest absolute Gasteiger partial charge is 0.458 e. The molecule has 1 fully saturated rings. The number of hydrogen-bond acceptors (Lipinski definition) is 5. The molecule has 1 aromatic carbocycles. The molecular formula is C19H19ClN4O4S. The lowest BCUT2D eigenvalue weighted by molar-refractivity contribution is 0.0793. The minimum absolute atomic E-state index is 0.0170. The Morgan fingerprint density at radius 2 is 1.93 bits per heavy atom. The van der Waals surface area contributed by atoms with Gasteiger partial charge in [0.05, 0.1) is 11.8 Å². The zero-order valence-corrected chi connectivity index (χ0v) is 17.2. The number of aromatic nitrogens is 2. The highest BCUT2D eigenvalue weighted by molar-refractivity contribution is 7.92. The van der Waals surface area contributed by atoms with E-state index < -0.39 is 10.0 Å². The molecule has 0 radical (unpaired) electrons. The molecule has 0 saturated carbocycles. The number of halogens is 1. The number of H-pyrrole nitrogens is 1. The molecule has 0 aliphatic carbocycles. The summed E-state index contributed by atoms with van der Waals surface area (Å²) in [5.41, 5.74) is 1.09. The van der Waals surface area contributed by atoms with E-state index in [4.69, 9.17) is 16.0 Å². The molecule has 4 rings (SSSR count). The van der Waals surface area contributed by atoms with Gasteiger partial charge in [-0.25, -0.2) is 8.42 Å². The summed E-state index contributed by atoms with van der Waals surface area (Å²) in [4.78, 5) is 14.5. The van der Waals surface area contributed by atoms with Gasteiger partial charge in [0.1, 0.15) is 16.3 Å². The lowest BCUT2D eigenvalue weighted by Crippen LogP contribution is -2.27. The van der Waals surface area contributed by atoms with E-state index in [1.54, 1.807) is 36.1 Å². The van der Waals surface area contributed by atoms with E-state index in [-0.39, 0.29) is 22.3 Å². The molecule has 1 amide bonds. The van der Waals surface area contributed by atoms with E-state index in [1.165, 1.54) is 12.3 Å². The number of carbonyl (C=O) groups is 1. The van der Waals surface area contributed by atoms with Crippen molar-refractivity contribution < 1.29 is 17.6 Å². The summed E-state index contributed by atoms with van der Waals surface area (Å²) in [6, 6.07) is 7.71. The minimum atomic E-state index is -3.89. The van der Waals surface area contributed by atoms with Gasteiger partial charge in [0.25, 0.3) is 15.9 Å². The number of sulfonamides is 1. The zero-order valence-electron chi connectivity index (χ0n) is 15.6. The number of carbonyl (C=O) groups excluding carboxylic acids is 1. The maximum Gasteiger partial charge on any atom is 0.265 e. The van der Waals surface area contributed by atoms with Crippen molar-refractivity contribution >= 4 is 33.2 Å². The fourth-order valence-electron chi connectivity index (χ4n) is 3.31. The lowest BCUT2D eigenvalue weighted by atomic mass is 10.2. The number of rotatable bonds is 5. The molecule has 8 nitrogen and oxygen atoms in total. The van der Waals surface area contributed by atoms with Gasteiger partial charge in [0.15, 0.2) is 5.76 Å². The summed E-state index contributed by atoms with van der Waals surface area (Å²) in [6.45, 7) is 2.95. The molecule has 3 aromatic rings. The van der Waals surface area contributed by atoms with Crippen molar-refractivity contribution in [1.29, 1.82) is 0 Å². The normalized spacial score (nSPS) is 14.3. The van der Waals surface area contributed by atoms with Gasteiger partial charge in [-0.15, -0.1) is 0 Å². The minimum Gasteiger partial charge on any atom is -0.458 e. The number of furan rings is 1. The highest BCUT2D eigenvalue weighted by Crippen LogP contribution is 2.31. The molecule has 1 aliphatic rings. The van der Waals surface area contributed by atoms with Gasteiger partial charge in [-0.05, 0) is 44.0 Å². The Morgan fingerprint density at radius 3 is 2.62 bits per heavy atom. The van der Waals surface area contributed by atoms with Crippen molar-refractivity contribution in [2.75, 3.05) is 17.8 Å². The maximum absolute atomic E-state index is 12.8. The number of nitrogens with one attached hydrogen (secondary N) is 2. The van der Waals surface area contributed by atoms with Crippen molar-refractivity contribution in [3.05, 3.63) is 52.9 Å². The molecule has 10 heteroatoms. The number of benzene rings is 1. The Kier molecular flexibility index (Phi) is 5.10. The van der Waals surface area contributed by atoms with Gasteiger partial charge in [-0.2, -0.15) is 5.10 Å². The summed E-state index contributed by atoms with van der Waals surface area (Å²) < 4.78 is 33.8. The second-order valence-electron chi connectivity index (χ2n) is 6.80. The molecular weight excluding hydrogens is 416 g/mol. The van der Waals surface area contributed by atoms with E-state index in [1.807, 2.05) is 0 Å². The predicted molar refractivity (Wildman–Crippen MR) is 108 cm³/mol. The number of anilines is 1. The summed E-state index contributed by atoms with van der Waals surface area (Å²) in [5, 5.41) is 7.22. The standard InChI is InChI=1S/C19H19ClN4O4S/c1-12-17(29(26,27)23-14-6-4-13(20)5-7-14)10-16(28-12)18-15(11-21-22-18)19(25)24-8-2-3-9-24/h4-7,10-11,23H,2-3,8-9H2,1H3,(H,21,22). The van der Waals surface area contributed by atoms with Crippen LogP contribution in [0, 0.1) is 6.92 Å². The highest BCUT2D eigenvalue weighted by Gasteiger charge is 2.28. The lowest BCUT2D eigenvalue weighted by Gasteiger charge is -2.14. The molecule has 1 saturated heterocycles. The van der Waals surface area contributed by atoms with Crippen LogP contribution in [0.1, 0.15) is 29.0 Å². The number of hydrogen-bond donors (Lipinski definition) is 2. The van der Waals surface area contributed by atoms with Gasteiger partial charge in [0, 0.05) is 29.9 Å². The average molecular weight is 435 g/mol. The monoisotopic (exact) mass is 434 g/mol.